The SMILES string of the molecule is Cn1c(=O)n2n(c1=O)[C@@H]1C[C@@]3(Cl)C(=O)N(c4ccc(F)cc4)C(=O)[C@@]3(Cl)[C@@H](c3cc(Cl)ccc3O)C1=CC2. The van der Waals surface area contributed by atoms with Gasteiger partial charge in [0.05, 0.1) is 18.3 Å². The first-order valence-corrected chi connectivity index (χ1v) is 12.6. The van der Waals surface area contributed by atoms with Gasteiger partial charge in [0.2, 0.25) is 0 Å². The van der Waals surface area contributed by atoms with Crippen molar-refractivity contribution in [3.05, 3.63) is 91.5 Å². The molecule has 3 aromatic rings. The zero-order chi connectivity index (χ0) is 27.3. The zero-order valence-electron chi connectivity index (χ0n) is 19.6. The van der Waals surface area contributed by atoms with Gasteiger partial charge in [0, 0.05) is 30.0 Å². The van der Waals surface area contributed by atoms with E-state index in [0.29, 0.717) is 5.57 Å². The molecule has 3 aliphatic rings. The summed E-state index contributed by atoms with van der Waals surface area (Å²) in [6.07, 6.45) is 1.34. The van der Waals surface area contributed by atoms with Crippen molar-refractivity contribution in [3.8, 4) is 5.75 Å². The molecule has 1 aromatic heterocycles. The van der Waals surface area contributed by atoms with Crippen LogP contribution in [0.5, 0.6) is 5.75 Å². The maximum Gasteiger partial charge on any atom is 0.347 e. The predicted molar refractivity (Wildman–Crippen MR) is 138 cm³/mol. The summed E-state index contributed by atoms with van der Waals surface area (Å²) < 4.78 is 17.0. The number of nitrogens with zero attached hydrogens (tertiary/aromatic N) is 4. The number of allylic oxidation sites excluding steroid dienone is 2. The first-order chi connectivity index (χ1) is 17.9. The number of benzene rings is 2. The second kappa shape index (κ2) is 8.08. The quantitative estimate of drug-likeness (QED) is 0.285. The molecular weight excluding hydrogens is 562 g/mol. The van der Waals surface area contributed by atoms with Crippen molar-refractivity contribution in [2.45, 2.75) is 34.7 Å². The number of halogens is 4. The van der Waals surface area contributed by atoms with Crippen LogP contribution in [0.4, 0.5) is 10.1 Å². The van der Waals surface area contributed by atoms with Gasteiger partial charge in [-0.05, 0) is 48.0 Å². The number of alkyl halides is 2. The average molecular weight is 580 g/mol. The summed E-state index contributed by atoms with van der Waals surface area (Å²) >= 11 is 20.6. The number of amides is 2. The molecule has 4 atom stereocenters. The number of carbonyl (C=O) groups is 2. The molecule has 1 aliphatic carbocycles. The third-order valence-electron chi connectivity index (χ3n) is 7.65. The van der Waals surface area contributed by atoms with E-state index in [2.05, 4.69) is 0 Å². The fourth-order valence-electron chi connectivity index (χ4n) is 5.87. The number of carbonyl (C=O) groups excluding carboxylic acids is 2. The molecule has 2 aromatic carbocycles. The van der Waals surface area contributed by atoms with Crippen molar-refractivity contribution >= 4 is 52.3 Å². The Balaban J connectivity index is 1.64. The third kappa shape index (κ3) is 2.99. The average Bonchev–Trinajstić information content (AvgIpc) is 3.19. The Bertz CT molecular complexity index is 1710. The van der Waals surface area contributed by atoms with Gasteiger partial charge in [0.15, 0.2) is 9.75 Å². The van der Waals surface area contributed by atoms with Crippen LogP contribution in [0.15, 0.2) is 63.7 Å². The summed E-state index contributed by atoms with van der Waals surface area (Å²) in [6, 6.07) is 7.90. The number of aromatic hydroxyl groups is 1. The number of hydrogen-bond acceptors (Lipinski definition) is 5. The van der Waals surface area contributed by atoms with Crippen LogP contribution >= 0.6 is 34.8 Å². The highest BCUT2D eigenvalue weighted by Crippen LogP contribution is 2.64. The Kier molecular flexibility index (Phi) is 5.31. The van der Waals surface area contributed by atoms with E-state index in [9.17, 15) is 28.7 Å². The molecule has 196 valence electrons. The summed E-state index contributed by atoms with van der Waals surface area (Å²) in [6.45, 7) is -0.0232. The molecule has 1 saturated heterocycles. The first kappa shape index (κ1) is 25.0. The minimum atomic E-state index is -2.18. The Morgan fingerprint density at radius 2 is 1.68 bits per heavy atom. The highest BCUT2D eigenvalue weighted by atomic mass is 35.5. The van der Waals surface area contributed by atoms with E-state index in [1.54, 1.807) is 6.08 Å². The van der Waals surface area contributed by atoms with E-state index in [0.717, 1.165) is 21.6 Å². The van der Waals surface area contributed by atoms with Gasteiger partial charge < -0.3 is 5.11 Å². The molecule has 2 amide bonds. The minimum absolute atomic E-state index is 0.0232. The van der Waals surface area contributed by atoms with E-state index < -0.39 is 50.7 Å². The van der Waals surface area contributed by atoms with Crippen molar-refractivity contribution in [3.63, 3.8) is 0 Å². The molecule has 13 heteroatoms. The lowest BCUT2D eigenvalue weighted by molar-refractivity contribution is -0.122. The molecule has 0 unspecified atom stereocenters. The Morgan fingerprint density at radius 1 is 1.00 bits per heavy atom. The van der Waals surface area contributed by atoms with Gasteiger partial charge in [0.25, 0.3) is 11.8 Å². The van der Waals surface area contributed by atoms with E-state index >= 15 is 0 Å². The molecule has 2 fully saturated rings. The number of phenols is 1. The second-order valence-electron chi connectivity index (χ2n) is 9.55. The highest BCUT2D eigenvalue weighted by molar-refractivity contribution is 6.58. The maximum absolute atomic E-state index is 14.1. The monoisotopic (exact) mass is 578 g/mol. The highest BCUT2D eigenvalue weighted by Gasteiger charge is 2.76. The summed E-state index contributed by atoms with van der Waals surface area (Å²) in [5.74, 6) is -3.82. The van der Waals surface area contributed by atoms with Crippen LogP contribution in [0.3, 0.4) is 0 Å². The van der Waals surface area contributed by atoms with E-state index in [1.807, 2.05) is 0 Å². The Morgan fingerprint density at radius 3 is 2.37 bits per heavy atom. The van der Waals surface area contributed by atoms with Crippen LogP contribution in [-0.4, -0.2) is 40.6 Å². The van der Waals surface area contributed by atoms with Gasteiger partial charge in [-0.15, -0.1) is 23.2 Å². The smallest absolute Gasteiger partial charge is 0.347 e. The molecule has 3 heterocycles. The lowest BCUT2D eigenvalue weighted by Gasteiger charge is -2.49. The first-order valence-electron chi connectivity index (χ1n) is 11.5. The molecule has 38 heavy (non-hydrogen) atoms. The van der Waals surface area contributed by atoms with Crippen LogP contribution in [0, 0.1) is 5.82 Å². The summed E-state index contributed by atoms with van der Waals surface area (Å²) in [7, 11) is 1.33. The van der Waals surface area contributed by atoms with E-state index in [4.69, 9.17) is 34.8 Å². The van der Waals surface area contributed by atoms with Crippen LogP contribution in [0.25, 0.3) is 0 Å². The van der Waals surface area contributed by atoms with Crippen molar-refractivity contribution in [1.29, 1.82) is 0 Å². The normalized spacial score (nSPS) is 28.1. The molecule has 0 radical (unpaired) electrons. The van der Waals surface area contributed by atoms with E-state index in [-0.39, 0.29) is 35.0 Å². The second-order valence-corrected chi connectivity index (χ2v) is 11.2. The van der Waals surface area contributed by atoms with Gasteiger partial charge in [0.1, 0.15) is 11.6 Å². The van der Waals surface area contributed by atoms with Crippen molar-refractivity contribution in [2.75, 3.05) is 4.90 Å². The lowest BCUT2D eigenvalue weighted by Crippen LogP contribution is -2.59. The molecule has 0 bridgehead atoms. The molecule has 1 saturated carbocycles. The van der Waals surface area contributed by atoms with Gasteiger partial charge in [-0.25, -0.2) is 32.8 Å². The molecular formula is C25H18Cl3FN4O5. The summed E-state index contributed by atoms with van der Waals surface area (Å²) in [5.41, 5.74) is -0.621. The molecule has 9 nitrogen and oxygen atoms in total. The zero-order valence-corrected chi connectivity index (χ0v) is 21.8. The number of hydrogen-bond donors (Lipinski definition) is 1. The number of rotatable bonds is 2. The molecule has 0 spiro atoms. The minimum Gasteiger partial charge on any atom is -0.508 e. The number of aromatic nitrogens is 3. The fourth-order valence-corrected chi connectivity index (χ4v) is 6.96. The predicted octanol–water partition coefficient (Wildman–Crippen LogP) is 3.04. The van der Waals surface area contributed by atoms with E-state index in [1.165, 1.54) is 46.7 Å². The largest absolute Gasteiger partial charge is 0.508 e. The van der Waals surface area contributed by atoms with Crippen LogP contribution in [0.2, 0.25) is 5.02 Å². The third-order valence-corrected chi connectivity index (χ3v) is 9.30. The van der Waals surface area contributed by atoms with Gasteiger partial charge >= 0.3 is 11.4 Å². The number of fused-ring (bicyclic) bond motifs is 4. The summed E-state index contributed by atoms with van der Waals surface area (Å²) in [5, 5.41) is 11.1. The van der Waals surface area contributed by atoms with Gasteiger partial charge in [-0.2, -0.15) is 0 Å². The number of imide groups is 1. The number of phenolic OH excluding ortho intramolecular Hbond substituents is 1. The van der Waals surface area contributed by atoms with Crippen molar-refractivity contribution in [2.24, 2.45) is 7.05 Å². The standard InChI is InChI=1S/C25H18Cl3FN4O5/c1-30-22(37)31-9-8-15-17(33(31)23(30)38)11-24(27)20(35)32(14-5-3-13(29)4-6-14)21(36)25(24,28)19(15)16-10-12(26)2-7-18(16)34/h2-8,10,17,19,34H,9,11H2,1H3/t17-,19-,24-,25+/m1/s1. The van der Waals surface area contributed by atoms with Crippen LogP contribution in [-0.2, 0) is 23.2 Å². The van der Waals surface area contributed by atoms with Crippen LogP contribution in [0.1, 0.15) is 23.9 Å². The van der Waals surface area contributed by atoms with Crippen molar-refractivity contribution in [1.82, 2.24) is 13.9 Å². The fraction of sp³-hybridized carbons (Fsp3) is 0.280. The summed E-state index contributed by atoms with van der Waals surface area (Å²) in [4.78, 5) is 50.4. The Labute approximate surface area is 228 Å². The molecule has 1 N–H and O–H groups in total. The Hall–Kier alpha value is -3.34. The molecule has 2 aliphatic heterocycles. The van der Waals surface area contributed by atoms with Crippen molar-refractivity contribution < 1.29 is 19.1 Å². The van der Waals surface area contributed by atoms with Gasteiger partial charge in [-0.1, -0.05) is 17.7 Å². The molecule has 6 rings (SSSR count). The number of anilines is 1. The van der Waals surface area contributed by atoms with Gasteiger partial charge in [-0.3, -0.25) is 9.59 Å². The van der Waals surface area contributed by atoms with Crippen LogP contribution < -0.4 is 16.3 Å². The maximum atomic E-state index is 14.1. The topological polar surface area (TPSA) is 107 Å². The lowest BCUT2D eigenvalue weighted by atomic mass is 9.64.